The van der Waals surface area contributed by atoms with E-state index in [0.29, 0.717) is 6.42 Å². The smallest absolute Gasteiger partial charge is 0.265 e. The van der Waals surface area contributed by atoms with Crippen LogP contribution in [0.1, 0.15) is 5.56 Å². The monoisotopic (exact) mass is 248 g/mol. The van der Waals surface area contributed by atoms with Crippen molar-refractivity contribution >= 4 is 13.9 Å². The van der Waals surface area contributed by atoms with Gasteiger partial charge in [0.1, 0.15) is 0 Å². The summed E-state index contributed by atoms with van der Waals surface area (Å²) in [4.78, 5) is 0. The molecule has 0 unspecified atom stereocenters. The molecule has 0 heterocycles. The zero-order chi connectivity index (χ0) is 12.1. The number of halogens is 2. The van der Waals surface area contributed by atoms with E-state index in [2.05, 4.69) is 0 Å². The van der Waals surface area contributed by atoms with Crippen LogP contribution in [-0.4, -0.2) is 8.74 Å². The Hall–Kier alpha value is -1.48. The molecular formula is C14H14F2Si. The van der Waals surface area contributed by atoms with E-state index in [-0.39, 0.29) is 11.2 Å². The standard InChI is InChI=1S/C14H14F2Si/c15-17(16,14-9-5-2-6-10-14)12-11-13-7-3-1-4-8-13/h1-10H,11-12H2. The van der Waals surface area contributed by atoms with Gasteiger partial charge in [0, 0.05) is 11.2 Å². The maximum atomic E-state index is 14.0. The first kappa shape index (κ1) is 12.0. The summed E-state index contributed by atoms with van der Waals surface area (Å²) in [5, 5.41) is 0.232. The van der Waals surface area contributed by atoms with Crippen LogP contribution in [0.4, 0.5) is 8.22 Å². The van der Waals surface area contributed by atoms with Crippen molar-refractivity contribution in [2.45, 2.75) is 12.5 Å². The van der Waals surface area contributed by atoms with Crippen LogP contribution in [0.15, 0.2) is 60.7 Å². The predicted molar refractivity (Wildman–Crippen MR) is 69.0 cm³/mol. The Morgan fingerprint density at radius 2 is 1.29 bits per heavy atom. The van der Waals surface area contributed by atoms with Gasteiger partial charge in [-0.1, -0.05) is 60.7 Å². The van der Waals surface area contributed by atoms with E-state index >= 15 is 0 Å². The lowest BCUT2D eigenvalue weighted by Crippen LogP contribution is -2.39. The molecule has 0 spiro atoms. The number of benzene rings is 2. The largest absolute Gasteiger partial charge is 0.455 e. The number of hydrogen-bond donors (Lipinski definition) is 0. The summed E-state index contributed by atoms with van der Waals surface area (Å²) in [6, 6.07) is 17.7. The van der Waals surface area contributed by atoms with Gasteiger partial charge >= 0.3 is 8.74 Å². The lowest BCUT2D eigenvalue weighted by Gasteiger charge is -2.12. The zero-order valence-electron chi connectivity index (χ0n) is 9.44. The van der Waals surface area contributed by atoms with Crippen molar-refractivity contribution in [2.24, 2.45) is 0 Å². The van der Waals surface area contributed by atoms with Crippen molar-refractivity contribution in [3.05, 3.63) is 66.2 Å². The Morgan fingerprint density at radius 1 is 0.765 bits per heavy atom. The summed E-state index contributed by atoms with van der Waals surface area (Å²) in [6.45, 7) is 0. The molecule has 0 aliphatic rings. The highest BCUT2D eigenvalue weighted by Gasteiger charge is 2.36. The van der Waals surface area contributed by atoms with Crippen molar-refractivity contribution in [2.75, 3.05) is 0 Å². The van der Waals surface area contributed by atoms with Gasteiger partial charge in [0.05, 0.1) is 0 Å². The van der Waals surface area contributed by atoms with Gasteiger partial charge in [0.25, 0.3) is 0 Å². The van der Waals surface area contributed by atoms with Crippen molar-refractivity contribution < 1.29 is 8.22 Å². The lowest BCUT2D eigenvalue weighted by atomic mass is 10.2. The average Bonchev–Trinajstić information content (AvgIpc) is 2.39. The quantitative estimate of drug-likeness (QED) is 0.573. The first-order valence-electron chi connectivity index (χ1n) is 5.66. The van der Waals surface area contributed by atoms with Crippen molar-refractivity contribution in [1.82, 2.24) is 0 Å². The van der Waals surface area contributed by atoms with Gasteiger partial charge in [0.15, 0.2) is 0 Å². The van der Waals surface area contributed by atoms with Crippen molar-refractivity contribution in [1.29, 1.82) is 0 Å². The molecule has 2 rings (SSSR count). The molecule has 0 amide bonds. The maximum Gasteiger partial charge on any atom is 0.455 e. The van der Waals surface area contributed by atoms with Crippen LogP contribution in [0.3, 0.4) is 0 Å². The number of aryl methyl sites for hydroxylation is 1. The molecule has 0 nitrogen and oxygen atoms in total. The van der Waals surface area contributed by atoms with Gasteiger partial charge in [-0.15, -0.1) is 0 Å². The normalized spacial score (nSPS) is 11.4. The maximum absolute atomic E-state index is 14.0. The Morgan fingerprint density at radius 3 is 1.88 bits per heavy atom. The highest BCUT2D eigenvalue weighted by atomic mass is 28.4. The van der Waals surface area contributed by atoms with Crippen LogP contribution < -0.4 is 5.19 Å². The van der Waals surface area contributed by atoms with E-state index in [0.717, 1.165) is 5.56 Å². The lowest BCUT2D eigenvalue weighted by molar-refractivity contribution is 0.618. The van der Waals surface area contributed by atoms with E-state index in [1.165, 1.54) is 12.1 Å². The highest BCUT2D eigenvalue weighted by Crippen LogP contribution is 2.17. The Labute approximate surface area is 101 Å². The molecule has 88 valence electrons. The van der Waals surface area contributed by atoms with Crippen LogP contribution in [0.2, 0.25) is 6.04 Å². The number of hydrogen-bond acceptors (Lipinski definition) is 0. The van der Waals surface area contributed by atoms with Crippen LogP contribution >= 0.6 is 0 Å². The van der Waals surface area contributed by atoms with Gasteiger partial charge in [-0.3, -0.25) is 8.22 Å². The summed E-state index contributed by atoms with van der Waals surface area (Å²) in [5.74, 6) is 0. The van der Waals surface area contributed by atoms with Crippen LogP contribution in [-0.2, 0) is 6.42 Å². The fraction of sp³-hybridized carbons (Fsp3) is 0.143. The first-order chi connectivity index (χ1) is 8.18. The molecular weight excluding hydrogens is 234 g/mol. The van der Waals surface area contributed by atoms with Crippen LogP contribution in [0.5, 0.6) is 0 Å². The van der Waals surface area contributed by atoms with Gasteiger partial charge in [0.2, 0.25) is 0 Å². The Balaban J connectivity index is 2.03. The Bertz CT molecular complexity index is 454. The summed E-state index contributed by atoms with van der Waals surface area (Å²) in [7, 11) is -4.26. The molecule has 2 aromatic rings. The number of rotatable bonds is 4. The van der Waals surface area contributed by atoms with E-state index in [1.807, 2.05) is 30.3 Å². The van der Waals surface area contributed by atoms with E-state index in [9.17, 15) is 8.22 Å². The predicted octanol–water partition coefficient (Wildman–Crippen LogP) is 3.52. The molecule has 0 saturated heterocycles. The molecule has 0 radical (unpaired) electrons. The van der Waals surface area contributed by atoms with Gasteiger partial charge in [-0.25, -0.2) is 0 Å². The molecule has 0 aromatic heterocycles. The molecule has 0 atom stereocenters. The topological polar surface area (TPSA) is 0 Å². The van der Waals surface area contributed by atoms with Gasteiger partial charge < -0.3 is 0 Å². The van der Waals surface area contributed by atoms with Crippen LogP contribution in [0, 0.1) is 0 Å². The van der Waals surface area contributed by atoms with E-state index in [4.69, 9.17) is 0 Å². The third kappa shape index (κ3) is 3.23. The molecule has 2 aromatic carbocycles. The Kier molecular flexibility index (Phi) is 3.69. The molecule has 17 heavy (non-hydrogen) atoms. The fourth-order valence-corrected chi connectivity index (χ4v) is 3.34. The van der Waals surface area contributed by atoms with Crippen molar-refractivity contribution in [3.63, 3.8) is 0 Å². The average molecular weight is 248 g/mol. The zero-order valence-corrected chi connectivity index (χ0v) is 10.4. The SMILES string of the molecule is F[Si](F)(CCc1ccccc1)c1ccccc1. The van der Waals surface area contributed by atoms with Gasteiger partial charge in [-0.2, -0.15) is 0 Å². The molecule has 0 aliphatic carbocycles. The summed E-state index contributed by atoms with van der Waals surface area (Å²) < 4.78 is 28.0. The van der Waals surface area contributed by atoms with E-state index in [1.54, 1.807) is 18.2 Å². The summed E-state index contributed by atoms with van der Waals surface area (Å²) >= 11 is 0. The minimum absolute atomic E-state index is 0.0129. The van der Waals surface area contributed by atoms with E-state index < -0.39 is 8.74 Å². The van der Waals surface area contributed by atoms with Gasteiger partial charge in [-0.05, 0) is 12.0 Å². The summed E-state index contributed by atoms with van der Waals surface area (Å²) in [5.41, 5.74) is 0.982. The summed E-state index contributed by atoms with van der Waals surface area (Å²) in [6.07, 6.45) is 0.453. The first-order valence-corrected chi connectivity index (χ1v) is 7.62. The molecule has 0 fully saturated rings. The second-order valence-electron chi connectivity index (χ2n) is 4.06. The molecule has 0 bridgehead atoms. The van der Waals surface area contributed by atoms with Crippen LogP contribution in [0.25, 0.3) is 0 Å². The second-order valence-corrected chi connectivity index (χ2v) is 6.54. The minimum Gasteiger partial charge on any atom is -0.265 e. The highest BCUT2D eigenvalue weighted by molar-refractivity contribution is 6.79. The molecule has 0 aliphatic heterocycles. The molecule has 0 saturated carbocycles. The third-order valence-electron chi connectivity index (χ3n) is 2.77. The third-order valence-corrected chi connectivity index (χ3v) is 4.82. The molecule has 0 N–H and O–H groups in total. The second kappa shape index (κ2) is 5.23. The fourth-order valence-electron chi connectivity index (χ4n) is 1.77. The van der Waals surface area contributed by atoms with Crippen molar-refractivity contribution in [3.8, 4) is 0 Å². The molecule has 3 heteroatoms. The minimum atomic E-state index is -4.26.